The van der Waals surface area contributed by atoms with Crippen LogP contribution in [0, 0.1) is 0 Å². The Labute approximate surface area is 133 Å². The molecule has 1 atom stereocenters. The molecule has 0 bridgehead atoms. The number of alkyl halides is 2. The molecule has 2 heterocycles. The maximum Gasteiger partial charge on any atom is 0.328 e. The first-order chi connectivity index (χ1) is 11.1. The predicted molar refractivity (Wildman–Crippen MR) is 80.2 cm³/mol. The van der Waals surface area contributed by atoms with Crippen molar-refractivity contribution in [1.82, 2.24) is 14.7 Å². The number of hydrogen-bond acceptors (Lipinski definition) is 3. The van der Waals surface area contributed by atoms with E-state index >= 15 is 0 Å². The minimum Gasteiger partial charge on any atom is -0.378 e. The van der Waals surface area contributed by atoms with E-state index in [1.165, 1.54) is 4.90 Å². The number of ether oxygens (including phenoxy) is 1. The second-order valence-corrected chi connectivity index (χ2v) is 6.07. The smallest absolute Gasteiger partial charge is 0.328 e. The number of allylic oxidation sites excluding steroid dienone is 2. The number of carbonyl (C=O) groups is 1. The number of aromatic nitrogens is 2. The molecule has 0 aromatic carbocycles. The lowest BCUT2D eigenvalue weighted by atomic mass is 9.90. The van der Waals surface area contributed by atoms with E-state index in [1.54, 1.807) is 6.20 Å². The first-order valence-electron chi connectivity index (χ1n) is 7.98. The fraction of sp³-hybridized carbons (Fsp3) is 0.625. The number of carbonyl (C=O) groups excluding carboxylic acids is 1. The van der Waals surface area contributed by atoms with Crippen molar-refractivity contribution in [3.8, 4) is 0 Å². The van der Waals surface area contributed by atoms with E-state index in [0.29, 0.717) is 25.2 Å². The molecule has 1 saturated heterocycles. The molecule has 7 heteroatoms. The summed E-state index contributed by atoms with van der Waals surface area (Å²) < 4.78 is 35.6. The van der Waals surface area contributed by atoms with Gasteiger partial charge in [-0.1, -0.05) is 11.6 Å². The van der Waals surface area contributed by atoms with Crippen LogP contribution in [0.1, 0.15) is 31.7 Å². The summed E-state index contributed by atoms with van der Waals surface area (Å²) in [6, 6.07) is 1.92. The molecule has 0 radical (unpaired) electrons. The van der Waals surface area contributed by atoms with Gasteiger partial charge in [-0.05, 0) is 25.3 Å². The monoisotopic (exact) mass is 325 g/mol. The summed E-state index contributed by atoms with van der Waals surface area (Å²) in [6.45, 7) is 1.13. The third-order valence-corrected chi connectivity index (χ3v) is 4.39. The summed E-state index contributed by atoms with van der Waals surface area (Å²) in [5.41, 5.74) is 0.642. The van der Waals surface area contributed by atoms with Gasteiger partial charge >= 0.3 is 5.92 Å². The standard InChI is InChI=1S/C16H21F2N3O2/c17-16(18,15(22)20-7-9-23-10-8-20)12-13-3-1-4-14(11-13)21-6-2-5-19-21/h2-3,5-6,14H,1,4,7-12H2. The van der Waals surface area contributed by atoms with Crippen LogP contribution in [0.3, 0.4) is 0 Å². The molecule has 1 aliphatic carbocycles. The van der Waals surface area contributed by atoms with Gasteiger partial charge < -0.3 is 9.64 Å². The first-order valence-corrected chi connectivity index (χ1v) is 7.98. The number of amides is 1. The van der Waals surface area contributed by atoms with E-state index in [9.17, 15) is 13.6 Å². The molecule has 1 aliphatic heterocycles. The number of rotatable bonds is 4. The number of morpholine rings is 1. The van der Waals surface area contributed by atoms with E-state index < -0.39 is 18.3 Å². The maximum absolute atomic E-state index is 14.4. The minimum absolute atomic E-state index is 0.0966. The Morgan fingerprint density at radius 3 is 2.87 bits per heavy atom. The Bertz CT molecular complexity index is 566. The SMILES string of the molecule is O=C(N1CCOCC1)C(F)(F)CC1=CCCC(n2cccn2)C1. The van der Waals surface area contributed by atoms with Crippen LogP contribution in [0.25, 0.3) is 0 Å². The van der Waals surface area contributed by atoms with Gasteiger partial charge in [0, 0.05) is 31.9 Å². The van der Waals surface area contributed by atoms with Gasteiger partial charge in [0.2, 0.25) is 0 Å². The van der Waals surface area contributed by atoms with Crippen molar-refractivity contribution in [2.45, 2.75) is 37.6 Å². The zero-order valence-corrected chi connectivity index (χ0v) is 13.0. The summed E-state index contributed by atoms with van der Waals surface area (Å²) in [5, 5.41) is 4.19. The Morgan fingerprint density at radius 2 is 2.17 bits per heavy atom. The third kappa shape index (κ3) is 3.77. The van der Waals surface area contributed by atoms with E-state index in [0.717, 1.165) is 12.8 Å². The van der Waals surface area contributed by atoms with Crippen LogP contribution in [-0.4, -0.2) is 52.8 Å². The third-order valence-electron chi connectivity index (χ3n) is 4.39. The molecule has 3 rings (SSSR count). The first kappa shape index (κ1) is 16.1. The Balaban J connectivity index is 1.62. The number of nitrogens with zero attached hydrogens (tertiary/aromatic N) is 3. The Kier molecular flexibility index (Phi) is 4.75. The van der Waals surface area contributed by atoms with Crippen LogP contribution in [0.4, 0.5) is 8.78 Å². The normalized spacial score (nSPS) is 22.8. The molecule has 23 heavy (non-hydrogen) atoms. The quantitative estimate of drug-likeness (QED) is 0.799. The van der Waals surface area contributed by atoms with Gasteiger partial charge in [0.15, 0.2) is 0 Å². The highest BCUT2D eigenvalue weighted by molar-refractivity contribution is 5.84. The summed E-state index contributed by atoms with van der Waals surface area (Å²) in [5.74, 6) is -4.43. The van der Waals surface area contributed by atoms with Gasteiger partial charge in [-0.15, -0.1) is 0 Å². The van der Waals surface area contributed by atoms with Crippen molar-refractivity contribution < 1.29 is 18.3 Å². The molecule has 2 aliphatic rings. The fourth-order valence-electron chi connectivity index (χ4n) is 3.19. The minimum atomic E-state index is -3.35. The van der Waals surface area contributed by atoms with E-state index in [4.69, 9.17) is 4.74 Å². The van der Waals surface area contributed by atoms with Crippen molar-refractivity contribution >= 4 is 5.91 Å². The van der Waals surface area contributed by atoms with Gasteiger partial charge in [0.05, 0.1) is 19.3 Å². The van der Waals surface area contributed by atoms with Gasteiger partial charge in [0.1, 0.15) is 0 Å². The van der Waals surface area contributed by atoms with Crippen molar-refractivity contribution in [3.05, 3.63) is 30.1 Å². The molecule has 1 unspecified atom stereocenters. The van der Waals surface area contributed by atoms with Crippen molar-refractivity contribution in [1.29, 1.82) is 0 Å². The van der Waals surface area contributed by atoms with Gasteiger partial charge in [-0.2, -0.15) is 13.9 Å². The van der Waals surface area contributed by atoms with Crippen LogP contribution in [0.2, 0.25) is 0 Å². The highest BCUT2D eigenvalue weighted by atomic mass is 19.3. The van der Waals surface area contributed by atoms with Crippen molar-refractivity contribution in [2.75, 3.05) is 26.3 Å². The van der Waals surface area contributed by atoms with Crippen LogP contribution < -0.4 is 0 Å². The second-order valence-electron chi connectivity index (χ2n) is 6.07. The van der Waals surface area contributed by atoms with Crippen LogP contribution in [0.5, 0.6) is 0 Å². The van der Waals surface area contributed by atoms with E-state index in [-0.39, 0.29) is 19.1 Å². The molecule has 1 fully saturated rings. The van der Waals surface area contributed by atoms with Crippen LogP contribution in [-0.2, 0) is 9.53 Å². The maximum atomic E-state index is 14.4. The Hall–Kier alpha value is -1.76. The zero-order valence-electron chi connectivity index (χ0n) is 13.0. The van der Waals surface area contributed by atoms with Gasteiger partial charge in [0.25, 0.3) is 5.91 Å². The fourth-order valence-corrected chi connectivity index (χ4v) is 3.19. The lowest BCUT2D eigenvalue weighted by molar-refractivity contribution is -0.161. The zero-order chi connectivity index (χ0) is 16.3. The van der Waals surface area contributed by atoms with Crippen LogP contribution >= 0.6 is 0 Å². The average molecular weight is 325 g/mol. The summed E-state index contributed by atoms with van der Waals surface area (Å²) in [7, 11) is 0. The number of hydrogen-bond donors (Lipinski definition) is 0. The van der Waals surface area contributed by atoms with Gasteiger partial charge in [-0.25, -0.2) is 0 Å². The topological polar surface area (TPSA) is 47.4 Å². The lowest BCUT2D eigenvalue weighted by Crippen LogP contribution is -2.48. The molecule has 0 spiro atoms. The molecule has 0 saturated carbocycles. The molecule has 1 aromatic rings. The molecule has 5 nitrogen and oxygen atoms in total. The van der Waals surface area contributed by atoms with E-state index in [1.807, 2.05) is 23.0 Å². The second kappa shape index (κ2) is 6.78. The average Bonchev–Trinajstić information content (AvgIpc) is 3.09. The van der Waals surface area contributed by atoms with E-state index in [2.05, 4.69) is 5.10 Å². The van der Waals surface area contributed by atoms with Crippen molar-refractivity contribution in [2.24, 2.45) is 0 Å². The molecular weight excluding hydrogens is 304 g/mol. The summed E-state index contributed by atoms with van der Waals surface area (Å²) in [4.78, 5) is 13.3. The largest absolute Gasteiger partial charge is 0.378 e. The summed E-state index contributed by atoms with van der Waals surface area (Å²) >= 11 is 0. The molecule has 1 amide bonds. The van der Waals surface area contributed by atoms with Crippen LogP contribution in [0.15, 0.2) is 30.1 Å². The predicted octanol–water partition coefficient (Wildman–Crippen LogP) is 2.42. The highest BCUT2D eigenvalue weighted by Crippen LogP contribution is 2.35. The van der Waals surface area contributed by atoms with Gasteiger partial charge in [-0.3, -0.25) is 9.48 Å². The lowest BCUT2D eigenvalue weighted by Gasteiger charge is -2.31. The molecular formula is C16H21F2N3O2. The summed E-state index contributed by atoms with van der Waals surface area (Å²) in [6.07, 6.45) is 7.03. The Morgan fingerprint density at radius 1 is 1.39 bits per heavy atom. The molecule has 0 N–H and O–H groups in total. The highest BCUT2D eigenvalue weighted by Gasteiger charge is 2.43. The molecule has 1 aromatic heterocycles. The number of halogens is 2. The molecule has 126 valence electrons. The van der Waals surface area contributed by atoms with Crippen molar-refractivity contribution in [3.63, 3.8) is 0 Å².